The van der Waals surface area contributed by atoms with Crippen LogP contribution in [0.4, 0.5) is 34.1 Å². The highest BCUT2D eigenvalue weighted by atomic mass is 32.1. The first-order chi connectivity index (χ1) is 29.5. The molecule has 3 heteroatoms. The maximum absolute atomic E-state index is 2.49. The van der Waals surface area contributed by atoms with E-state index < -0.39 is 0 Å². The average Bonchev–Trinajstić information content (AvgIpc) is 3.69. The molecule has 11 rings (SSSR count). The standard InChI is InChI=1S/C57H42N2S/c1-57(2)51-20-10-12-22-53(51)59(54-23-13-11-21-52(54)57)47-37-49(56-50(38-47)48-19-9-14-24-55(48)60-56)43-29-35-46(36-30-43)58(44-31-25-41(26-32-44)39-15-5-3-6-16-39)45-33-27-42(28-34-45)40-17-7-4-8-18-40/h3-38H,1-2H3. The quantitative estimate of drug-likeness (QED) is 0.159. The number of fused-ring (bicyclic) bond motifs is 5. The van der Waals surface area contributed by atoms with Crippen LogP contribution in [-0.2, 0) is 5.41 Å². The highest BCUT2D eigenvalue weighted by Crippen LogP contribution is 2.53. The lowest BCUT2D eigenvalue weighted by molar-refractivity contribution is 0.632. The molecule has 60 heavy (non-hydrogen) atoms. The Balaban J connectivity index is 1.05. The van der Waals surface area contributed by atoms with Gasteiger partial charge in [-0.25, -0.2) is 0 Å². The monoisotopic (exact) mass is 786 g/mol. The Morgan fingerprint density at radius 1 is 0.400 bits per heavy atom. The molecule has 0 saturated heterocycles. The maximum Gasteiger partial charge on any atom is 0.0502 e. The summed E-state index contributed by atoms with van der Waals surface area (Å²) < 4.78 is 2.60. The third kappa shape index (κ3) is 6.09. The lowest BCUT2D eigenvalue weighted by Crippen LogP contribution is -2.30. The van der Waals surface area contributed by atoms with E-state index in [9.17, 15) is 0 Å². The lowest BCUT2D eigenvalue weighted by atomic mass is 9.73. The SMILES string of the molecule is CC1(C)c2ccccc2N(c2cc(-c3ccc(N(c4ccc(-c5ccccc5)cc4)c4ccc(-c5ccccc5)cc4)cc3)c3sc4ccccc4c3c2)c2ccccc21. The van der Waals surface area contributed by atoms with E-state index in [0.717, 1.165) is 17.1 Å². The van der Waals surface area contributed by atoms with Gasteiger partial charge in [-0.2, -0.15) is 0 Å². The second-order valence-corrected chi connectivity index (χ2v) is 17.2. The van der Waals surface area contributed by atoms with Gasteiger partial charge in [0.1, 0.15) is 0 Å². The summed E-state index contributed by atoms with van der Waals surface area (Å²) in [5, 5.41) is 2.57. The number of hydrogen-bond donors (Lipinski definition) is 0. The maximum atomic E-state index is 2.49. The first kappa shape index (κ1) is 35.9. The largest absolute Gasteiger partial charge is 0.311 e. The van der Waals surface area contributed by atoms with Gasteiger partial charge in [0.15, 0.2) is 0 Å². The van der Waals surface area contributed by atoms with E-state index in [4.69, 9.17) is 0 Å². The van der Waals surface area contributed by atoms with Crippen LogP contribution in [0.2, 0.25) is 0 Å². The number of nitrogens with zero attached hydrogens (tertiary/aromatic N) is 2. The first-order valence-corrected chi connectivity index (χ1v) is 21.5. The summed E-state index contributed by atoms with van der Waals surface area (Å²) >= 11 is 1.88. The van der Waals surface area contributed by atoms with E-state index in [1.165, 1.54) is 81.7 Å². The van der Waals surface area contributed by atoms with Crippen molar-refractivity contribution < 1.29 is 0 Å². The minimum absolute atomic E-state index is 0.128. The molecule has 0 aliphatic carbocycles. The summed E-state index contributed by atoms with van der Waals surface area (Å²) in [6.45, 7) is 4.70. The van der Waals surface area contributed by atoms with E-state index in [-0.39, 0.29) is 5.41 Å². The molecular weight excluding hydrogens is 745 g/mol. The third-order valence-electron chi connectivity index (χ3n) is 12.3. The summed E-state index contributed by atoms with van der Waals surface area (Å²) in [5.41, 5.74) is 16.7. The summed E-state index contributed by atoms with van der Waals surface area (Å²) in [6.07, 6.45) is 0. The van der Waals surface area contributed by atoms with Crippen molar-refractivity contribution in [1.82, 2.24) is 0 Å². The third-order valence-corrected chi connectivity index (χ3v) is 13.5. The van der Waals surface area contributed by atoms with Gasteiger partial charge in [-0.05, 0) is 106 Å². The van der Waals surface area contributed by atoms with Gasteiger partial charge in [-0.3, -0.25) is 0 Å². The summed E-state index contributed by atoms with van der Waals surface area (Å²) in [4.78, 5) is 4.85. The van der Waals surface area contributed by atoms with Crippen LogP contribution in [-0.4, -0.2) is 0 Å². The smallest absolute Gasteiger partial charge is 0.0502 e. The van der Waals surface area contributed by atoms with E-state index in [2.05, 4.69) is 242 Å². The summed E-state index contributed by atoms with van der Waals surface area (Å²) in [7, 11) is 0. The van der Waals surface area contributed by atoms with Crippen molar-refractivity contribution in [3.05, 3.63) is 230 Å². The molecule has 0 amide bonds. The Labute approximate surface area is 355 Å². The van der Waals surface area contributed by atoms with Crippen LogP contribution < -0.4 is 9.80 Å². The van der Waals surface area contributed by atoms with Crippen molar-refractivity contribution in [2.45, 2.75) is 19.3 Å². The number of rotatable bonds is 7. The fourth-order valence-electron chi connectivity index (χ4n) is 9.21. The van der Waals surface area contributed by atoms with E-state index in [1.807, 2.05) is 11.3 Å². The zero-order valence-corrected chi connectivity index (χ0v) is 34.4. The van der Waals surface area contributed by atoms with Crippen LogP contribution in [0.3, 0.4) is 0 Å². The summed E-state index contributed by atoms with van der Waals surface area (Å²) in [5.74, 6) is 0. The van der Waals surface area contributed by atoms with Gasteiger partial charge < -0.3 is 9.80 Å². The van der Waals surface area contributed by atoms with Gasteiger partial charge in [-0.1, -0.05) is 166 Å². The van der Waals surface area contributed by atoms with Crippen molar-refractivity contribution in [2.75, 3.05) is 9.80 Å². The molecule has 1 aliphatic rings. The topological polar surface area (TPSA) is 6.48 Å². The van der Waals surface area contributed by atoms with E-state index in [0.29, 0.717) is 0 Å². The molecule has 1 aromatic heterocycles. The van der Waals surface area contributed by atoms with Gasteiger partial charge in [0.25, 0.3) is 0 Å². The minimum atomic E-state index is -0.128. The molecule has 0 radical (unpaired) electrons. The Bertz CT molecular complexity index is 3010. The molecule has 0 fully saturated rings. The van der Waals surface area contributed by atoms with Crippen LogP contribution in [0, 0.1) is 0 Å². The second kappa shape index (κ2) is 14.6. The number of hydrogen-bond acceptors (Lipinski definition) is 3. The predicted molar refractivity (Wildman–Crippen MR) is 257 cm³/mol. The zero-order valence-electron chi connectivity index (χ0n) is 33.6. The highest BCUT2D eigenvalue weighted by Gasteiger charge is 2.36. The van der Waals surface area contributed by atoms with Crippen molar-refractivity contribution in [1.29, 1.82) is 0 Å². The van der Waals surface area contributed by atoms with Crippen molar-refractivity contribution in [3.63, 3.8) is 0 Å². The molecule has 0 bridgehead atoms. The molecule has 9 aromatic carbocycles. The average molecular weight is 787 g/mol. The van der Waals surface area contributed by atoms with Gasteiger partial charge in [0, 0.05) is 53.9 Å². The fraction of sp³-hybridized carbons (Fsp3) is 0.0526. The molecular formula is C57H42N2S. The first-order valence-electron chi connectivity index (χ1n) is 20.7. The molecule has 0 atom stereocenters. The van der Waals surface area contributed by atoms with Crippen LogP contribution in [0.25, 0.3) is 53.6 Å². The van der Waals surface area contributed by atoms with Gasteiger partial charge in [0.2, 0.25) is 0 Å². The van der Waals surface area contributed by atoms with Crippen molar-refractivity contribution >= 4 is 65.6 Å². The molecule has 0 saturated carbocycles. The number of thiophene rings is 1. The van der Waals surface area contributed by atoms with E-state index >= 15 is 0 Å². The normalized spacial score (nSPS) is 12.9. The Morgan fingerprint density at radius 2 is 0.833 bits per heavy atom. The fourth-order valence-corrected chi connectivity index (χ4v) is 10.4. The Kier molecular flexibility index (Phi) is 8.72. The highest BCUT2D eigenvalue weighted by molar-refractivity contribution is 7.26. The molecule has 1 aliphatic heterocycles. The van der Waals surface area contributed by atoms with Crippen LogP contribution in [0.1, 0.15) is 25.0 Å². The second-order valence-electron chi connectivity index (χ2n) is 16.2. The molecule has 286 valence electrons. The summed E-state index contributed by atoms with van der Waals surface area (Å²) in [6, 6.07) is 79.8. The number of anilines is 6. The van der Waals surface area contributed by atoms with Gasteiger partial charge in [-0.15, -0.1) is 11.3 Å². The van der Waals surface area contributed by atoms with Crippen molar-refractivity contribution in [3.8, 4) is 33.4 Å². The van der Waals surface area contributed by atoms with Crippen LogP contribution in [0.15, 0.2) is 218 Å². The molecule has 10 aromatic rings. The molecule has 0 N–H and O–H groups in total. The predicted octanol–water partition coefficient (Wildman–Crippen LogP) is 16.6. The molecule has 2 heterocycles. The molecule has 0 spiro atoms. The van der Waals surface area contributed by atoms with Gasteiger partial charge in [0.05, 0.1) is 11.4 Å². The number of benzene rings is 9. The minimum Gasteiger partial charge on any atom is -0.311 e. The number of para-hydroxylation sites is 2. The van der Waals surface area contributed by atoms with Crippen LogP contribution >= 0.6 is 11.3 Å². The van der Waals surface area contributed by atoms with Crippen molar-refractivity contribution in [2.24, 2.45) is 0 Å². The molecule has 0 unspecified atom stereocenters. The lowest BCUT2D eigenvalue weighted by Gasteiger charge is -2.42. The Morgan fingerprint density at radius 3 is 1.37 bits per heavy atom. The van der Waals surface area contributed by atoms with E-state index in [1.54, 1.807) is 0 Å². The van der Waals surface area contributed by atoms with Gasteiger partial charge >= 0.3 is 0 Å². The van der Waals surface area contributed by atoms with Crippen LogP contribution in [0.5, 0.6) is 0 Å². The zero-order chi connectivity index (χ0) is 40.2. The Hall–Kier alpha value is -7.20. The molecule has 2 nitrogen and oxygen atoms in total.